The van der Waals surface area contributed by atoms with E-state index in [2.05, 4.69) is 21.3 Å². The van der Waals surface area contributed by atoms with E-state index in [4.69, 9.17) is 10.8 Å². The highest BCUT2D eigenvalue weighted by atomic mass is 16.4. The first-order chi connectivity index (χ1) is 14.3. The molecule has 31 heavy (non-hydrogen) atoms. The molecule has 5 amide bonds. The molecule has 3 atom stereocenters. The van der Waals surface area contributed by atoms with Crippen molar-refractivity contribution >= 4 is 35.7 Å². The predicted molar refractivity (Wildman–Crippen MR) is 108 cm³/mol. The Morgan fingerprint density at radius 1 is 0.871 bits per heavy atom. The van der Waals surface area contributed by atoms with Crippen LogP contribution in [0.25, 0.3) is 0 Å². The minimum absolute atomic E-state index is 0.00719. The van der Waals surface area contributed by atoms with E-state index < -0.39 is 59.7 Å². The van der Waals surface area contributed by atoms with Gasteiger partial charge in [-0.1, -0.05) is 13.8 Å². The second kappa shape index (κ2) is 13.8. The van der Waals surface area contributed by atoms with Crippen LogP contribution in [0.1, 0.15) is 46.5 Å². The van der Waals surface area contributed by atoms with Crippen molar-refractivity contribution in [3.63, 3.8) is 0 Å². The maximum Gasteiger partial charge on any atom is 0.326 e. The molecule has 0 aliphatic carbocycles. The molecule has 0 bridgehead atoms. The molecule has 176 valence electrons. The lowest BCUT2D eigenvalue weighted by Crippen LogP contribution is -2.57. The number of primary amides is 1. The summed E-state index contributed by atoms with van der Waals surface area (Å²) in [5.41, 5.74) is 4.93. The highest BCUT2D eigenvalue weighted by Gasteiger charge is 2.31. The van der Waals surface area contributed by atoms with Gasteiger partial charge in [0.05, 0.1) is 0 Å². The highest BCUT2D eigenvalue weighted by Crippen LogP contribution is 2.07. The third-order valence-corrected chi connectivity index (χ3v) is 4.17. The summed E-state index contributed by atoms with van der Waals surface area (Å²) in [7, 11) is 0. The Morgan fingerprint density at radius 2 is 1.48 bits per heavy atom. The third kappa shape index (κ3) is 12.0. The van der Waals surface area contributed by atoms with E-state index in [-0.39, 0.29) is 32.2 Å². The summed E-state index contributed by atoms with van der Waals surface area (Å²) in [6.45, 7) is 4.54. The molecule has 0 aliphatic heterocycles. The van der Waals surface area contributed by atoms with E-state index in [0.717, 1.165) is 6.92 Å². The molecule has 13 heteroatoms. The summed E-state index contributed by atoms with van der Waals surface area (Å²) in [6, 6.07) is -4.31. The molecule has 0 aromatic carbocycles. The number of aliphatic carboxylic acids is 2. The molecule has 0 saturated heterocycles. The zero-order valence-electron chi connectivity index (χ0n) is 17.8. The van der Waals surface area contributed by atoms with Gasteiger partial charge in [0.15, 0.2) is 0 Å². The zero-order chi connectivity index (χ0) is 24.1. The van der Waals surface area contributed by atoms with Crippen LogP contribution in [0.4, 0.5) is 4.79 Å². The maximum absolute atomic E-state index is 12.6. The Kier molecular flexibility index (Phi) is 12.3. The van der Waals surface area contributed by atoms with Crippen LogP contribution in [0.15, 0.2) is 0 Å². The van der Waals surface area contributed by atoms with Crippen LogP contribution in [-0.2, 0) is 24.0 Å². The van der Waals surface area contributed by atoms with Gasteiger partial charge in [0, 0.05) is 19.9 Å². The molecular weight excluding hydrogens is 414 g/mol. The summed E-state index contributed by atoms with van der Waals surface area (Å²) in [5.74, 6) is -4.95. The lowest BCUT2D eigenvalue weighted by molar-refractivity contribution is -0.142. The van der Waals surface area contributed by atoms with Gasteiger partial charge in [-0.05, 0) is 25.2 Å². The molecule has 0 rings (SSSR count). The van der Waals surface area contributed by atoms with Crippen LogP contribution in [-0.4, -0.2) is 70.6 Å². The van der Waals surface area contributed by atoms with Crippen LogP contribution in [0.2, 0.25) is 0 Å². The van der Waals surface area contributed by atoms with Gasteiger partial charge in [-0.15, -0.1) is 0 Å². The molecular formula is C18H31N5O8. The summed E-state index contributed by atoms with van der Waals surface area (Å²) in [6.07, 6.45) is -0.318. The normalized spacial score (nSPS) is 13.4. The van der Waals surface area contributed by atoms with E-state index in [1.165, 1.54) is 0 Å². The number of nitrogens with two attached hydrogens (primary N) is 1. The van der Waals surface area contributed by atoms with E-state index >= 15 is 0 Å². The lowest BCUT2D eigenvalue weighted by atomic mass is 10.0. The average Bonchev–Trinajstić information content (AvgIpc) is 2.63. The summed E-state index contributed by atoms with van der Waals surface area (Å²) in [4.78, 5) is 69.4. The Labute approximate surface area is 179 Å². The number of hydrogen-bond donors (Lipinski definition) is 7. The van der Waals surface area contributed by atoms with Crippen LogP contribution in [0.5, 0.6) is 0 Å². The van der Waals surface area contributed by atoms with Crippen molar-refractivity contribution in [2.75, 3.05) is 6.54 Å². The molecule has 13 nitrogen and oxygen atoms in total. The smallest absolute Gasteiger partial charge is 0.326 e. The molecule has 0 unspecified atom stereocenters. The number of carboxylic acid groups (broad SMARTS) is 2. The minimum atomic E-state index is -1.29. The molecule has 0 aromatic heterocycles. The summed E-state index contributed by atoms with van der Waals surface area (Å²) < 4.78 is 0. The molecule has 0 fully saturated rings. The number of carbonyl (C=O) groups excluding carboxylic acids is 4. The first kappa shape index (κ1) is 27.6. The van der Waals surface area contributed by atoms with Gasteiger partial charge in [-0.2, -0.15) is 0 Å². The summed E-state index contributed by atoms with van der Waals surface area (Å²) >= 11 is 0. The SMILES string of the molecule is CC(=O)N[C@@H](CCC(=O)O)C(=O)N[C@H](C(=O)N[C@@H](CCCNC(N)=O)C(=O)O)C(C)C. The van der Waals surface area contributed by atoms with E-state index in [9.17, 15) is 33.9 Å². The second-order valence-electron chi connectivity index (χ2n) is 7.25. The average molecular weight is 445 g/mol. The van der Waals surface area contributed by atoms with Crippen LogP contribution < -0.4 is 27.0 Å². The Hall–Kier alpha value is -3.38. The number of hydrogen-bond acceptors (Lipinski definition) is 6. The maximum atomic E-state index is 12.6. The molecule has 0 heterocycles. The van der Waals surface area contributed by atoms with Gasteiger partial charge >= 0.3 is 18.0 Å². The van der Waals surface area contributed by atoms with Crippen molar-refractivity contribution in [1.82, 2.24) is 21.3 Å². The quantitative estimate of drug-likeness (QED) is 0.156. The van der Waals surface area contributed by atoms with Crippen molar-refractivity contribution in [2.45, 2.75) is 64.6 Å². The van der Waals surface area contributed by atoms with Crippen molar-refractivity contribution in [3.05, 3.63) is 0 Å². The standard InChI is InChI=1S/C18H31N5O8/c1-9(2)14(23-15(27)11(21-10(3)24)6-7-13(25)26)16(28)22-12(17(29)30)5-4-8-20-18(19)31/h9,11-12,14H,4-8H2,1-3H3,(H,21,24)(H,22,28)(H,23,27)(H,25,26)(H,29,30)(H3,19,20,31)/t11-,12-,14-/m0/s1. The highest BCUT2D eigenvalue weighted by molar-refractivity contribution is 5.93. The first-order valence-corrected chi connectivity index (χ1v) is 9.70. The van der Waals surface area contributed by atoms with Gasteiger partial charge in [-0.25, -0.2) is 9.59 Å². The number of carboxylic acids is 2. The largest absolute Gasteiger partial charge is 0.481 e. The third-order valence-electron chi connectivity index (χ3n) is 4.17. The Morgan fingerprint density at radius 3 is 1.94 bits per heavy atom. The predicted octanol–water partition coefficient (Wildman–Crippen LogP) is -1.49. The Bertz CT molecular complexity index is 682. The lowest BCUT2D eigenvalue weighted by Gasteiger charge is -2.26. The van der Waals surface area contributed by atoms with Crippen LogP contribution >= 0.6 is 0 Å². The second-order valence-corrected chi connectivity index (χ2v) is 7.25. The summed E-state index contributed by atoms with van der Waals surface area (Å²) in [5, 5.41) is 27.6. The van der Waals surface area contributed by atoms with Crippen LogP contribution in [0.3, 0.4) is 0 Å². The number of nitrogens with one attached hydrogen (secondary N) is 4. The minimum Gasteiger partial charge on any atom is -0.481 e. The zero-order valence-corrected chi connectivity index (χ0v) is 17.8. The molecule has 0 aromatic rings. The number of rotatable bonds is 14. The van der Waals surface area contributed by atoms with Crippen molar-refractivity contribution in [2.24, 2.45) is 11.7 Å². The van der Waals surface area contributed by atoms with Crippen molar-refractivity contribution in [3.8, 4) is 0 Å². The van der Waals surface area contributed by atoms with Crippen molar-refractivity contribution in [1.29, 1.82) is 0 Å². The van der Waals surface area contributed by atoms with Gasteiger partial charge < -0.3 is 37.2 Å². The van der Waals surface area contributed by atoms with Gasteiger partial charge in [0.25, 0.3) is 0 Å². The molecule has 0 radical (unpaired) electrons. The van der Waals surface area contributed by atoms with Crippen molar-refractivity contribution < 1.29 is 39.0 Å². The fourth-order valence-corrected chi connectivity index (χ4v) is 2.61. The fraction of sp³-hybridized carbons (Fsp3) is 0.667. The van der Waals surface area contributed by atoms with Crippen LogP contribution in [0, 0.1) is 5.92 Å². The van der Waals surface area contributed by atoms with Gasteiger partial charge in [0.1, 0.15) is 18.1 Å². The van der Waals surface area contributed by atoms with Gasteiger partial charge in [-0.3, -0.25) is 19.2 Å². The number of amides is 5. The fourth-order valence-electron chi connectivity index (χ4n) is 2.61. The molecule has 8 N–H and O–H groups in total. The molecule has 0 saturated carbocycles. The Balaban J connectivity index is 5.14. The monoisotopic (exact) mass is 445 g/mol. The number of carbonyl (C=O) groups is 6. The van der Waals surface area contributed by atoms with E-state index in [1.807, 2.05) is 0 Å². The van der Waals surface area contributed by atoms with E-state index in [0.29, 0.717) is 0 Å². The van der Waals surface area contributed by atoms with E-state index in [1.54, 1.807) is 13.8 Å². The number of urea groups is 1. The molecule has 0 aliphatic rings. The molecule has 0 spiro atoms. The topological polar surface area (TPSA) is 217 Å². The van der Waals surface area contributed by atoms with Gasteiger partial charge in [0.2, 0.25) is 17.7 Å². The first-order valence-electron chi connectivity index (χ1n) is 9.70.